The van der Waals surface area contributed by atoms with E-state index in [4.69, 9.17) is 19.4 Å². The number of carbonyl (C=O) groups excluding carboxylic acids is 2. The van der Waals surface area contributed by atoms with Crippen LogP contribution in [-0.2, 0) is 27.1 Å². The van der Waals surface area contributed by atoms with Crippen molar-refractivity contribution in [1.29, 1.82) is 0 Å². The smallest absolute Gasteiger partial charge is 0.310 e. The van der Waals surface area contributed by atoms with E-state index in [-0.39, 0.29) is 25.7 Å². The number of ether oxygens (including phenoxy) is 2. The average Bonchev–Trinajstić information content (AvgIpc) is 3.11. The number of nitrogens with zero attached hydrogens (tertiary/aromatic N) is 3. The lowest BCUT2D eigenvalue weighted by Crippen LogP contribution is -2.38. The van der Waals surface area contributed by atoms with E-state index < -0.39 is 0 Å². The molecule has 1 saturated heterocycles. The molecule has 4 aromatic carbocycles. The molecular weight excluding hydrogens is 602 g/mol. The van der Waals surface area contributed by atoms with Crippen molar-refractivity contribution in [3.63, 3.8) is 0 Å². The molecule has 248 valence electrons. The Bertz CT molecular complexity index is 1930. The van der Waals surface area contributed by atoms with Crippen molar-refractivity contribution < 1.29 is 19.1 Å². The van der Waals surface area contributed by atoms with Gasteiger partial charge in [-0.1, -0.05) is 87.3 Å². The predicted octanol–water partition coefficient (Wildman–Crippen LogP) is 5.21. The Hall–Kier alpha value is -5.54. The number of morpholine rings is 1. The number of carbonyl (C=O) groups is 2. The molecular formula is C39H43N5O4. The second-order valence-corrected chi connectivity index (χ2v) is 11.1. The molecule has 0 radical (unpaired) electrons. The van der Waals surface area contributed by atoms with E-state index >= 15 is 0 Å². The number of aromatic nitrogens is 2. The third-order valence-corrected chi connectivity index (χ3v) is 7.83. The van der Waals surface area contributed by atoms with Gasteiger partial charge in [0.1, 0.15) is 17.5 Å². The van der Waals surface area contributed by atoms with Gasteiger partial charge in [-0.3, -0.25) is 9.59 Å². The molecule has 0 saturated carbocycles. The number of hydrogen-bond acceptors (Lipinski definition) is 8. The van der Waals surface area contributed by atoms with Crippen molar-refractivity contribution in [3.05, 3.63) is 124 Å². The highest BCUT2D eigenvalue weighted by atomic mass is 16.5. The highest BCUT2D eigenvalue weighted by Gasteiger charge is 2.23. The molecule has 2 N–H and O–H groups in total. The first-order chi connectivity index (χ1) is 22.8. The molecule has 6 rings (SSSR count). The number of esters is 1. The van der Waals surface area contributed by atoms with Crippen molar-refractivity contribution in [2.75, 3.05) is 56.0 Å². The molecule has 2 heterocycles. The molecule has 0 aliphatic carbocycles. The first-order valence-corrected chi connectivity index (χ1v) is 15.4. The number of hydrogen-bond donors (Lipinski definition) is 2. The lowest BCUT2D eigenvalue weighted by molar-refractivity contribution is -0.139. The van der Waals surface area contributed by atoms with Crippen LogP contribution in [0.3, 0.4) is 0 Å². The minimum absolute atomic E-state index is 0. The lowest BCUT2D eigenvalue weighted by Gasteiger charge is -2.30. The summed E-state index contributed by atoms with van der Waals surface area (Å²) in [4.78, 5) is 36.7. The fourth-order valence-electron chi connectivity index (χ4n) is 5.20. The summed E-state index contributed by atoms with van der Waals surface area (Å²) < 4.78 is 10.4. The van der Waals surface area contributed by atoms with Crippen LogP contribution in [0.4, 0.5) is 17.3 Å². The van der Waals surface area contributed by atoms with Gasteiger partial charge >= 0.3 is 5.97 Å². The summed E-state index contributed by atoms with van der Waals surface area (Å²) in [6.45, 7) is 10.1. The first kappa shape index (κ1) is 35.3. The molecule has 1 amide bonds. The molecule has 1 aliphatic heterocycles. The van der Waals surface area contributed by atoms with Crippen LogP contribution in [0.2, 0.25) is 0 Å². The van der Waals surface area contributed by atoms with Crippen molar-refractivity contribution in [3.8, 4) is 0 Å². The summed E-state index contributed by atoms with van der Waals surface area (Å²) in [5.74, 6) is 1.44. The zero-order valence-electron chi connectivity index (χ0n) is 26.8. The number of rotatable bonds is 8. The molecule has 1 aromatic heterocycles. The molecule has 1 fully saturated rings. The number of amides is 1. The summed E-state index contributed by atoms with van der Waals surface area (Å²) in [6.07, 6.45) is 0.564. The fraction of sp³-hybridized carbons (Fsp3) is 0.231. The van der Waals surface area contributed by atoms with Crippen LogP contribution in [0, 0.1) is 0 Å². The zero-order chi connectivity index (χ0) is 33.2. The largest absolute Gasteiger partial charge is 0.469 e. The zero-order valence-corrected chi connectivity index (χ0v) is 26.8. The van der Waals surface area contributed by atoms with Gasteiger partial charge in [0.2, 0.25) is 0 Å². The topological polar surface area (TPSA) is 106 Å². The Morgan fingerprint density at radius 3 is 2.15 bits per heavy atom. The van der Waals surface area contributed by atoms with E-state index in [1.54, 1.807) is 7.05 Å². The highest BCUT2D eigenvalue weighted by Crippen LogP contribution is 2.27. The molecule has 1 aliphatic rings. The summed E-state index contributed by atoms with van der Waals surface area (Å²) in [6, 6.07) is 29.1. The van der Waals surface area contributed by atoms with E-state index in [2.05, 4.69) is 28.7 Å². The summed E-state index contributed by atoms with van der Waals surface area (Å²) >= 11 is 0. The van der Waals surface area contributed by atoms with Gasteiger partial charge in [-0.05, 0) is 51.0 Å². The third-order valence-electron chi connectivity index (χ3n) is 7.83. The molecule has 9 nitrogen and oxygen atoms in total. The van der Waals surface area contributed by atoms with Crippen LogP contribution in [0.5, 0.6) is 0 Å². The Balaban J connectivity index is 0.000000508. The minimum atomic E-state index is -0.348. The number of anilines is 3. The average molecular weight is 646 g/mol. The van der Waals surface area contributed by atoms with Gasteiger partial charge in [0.05, 0.1) is 26.7 Å². The SMILES string of the molecule is C.C=c1ccccc1=C.CNc1nc(Cc2ccc(NC(=O)c3ccc4ccccc4c3)cc2)nc(N2CCOCC2)c1CC(=O)OC. The Morgan fingerprint density at radius 2 is 1.52 bits per heavy atom. The van der Waals surface area contributed by atoms with Crippen LogP contribution in [-0.4, -0.2) is 62.3 Å². The van der Waals surface area contributed by atoms with E-state index in [1.807, 2.05) is 91.0 Å². The molecule has 5 aromatic rings. The monoisotopic (exact) mass is 645 g/mol. The fourth-order valence-corrected chi connectivity index (χ4v) is 5.20. The van der Waals surface area contributed by atoms with E-state index in [9.17, 15) is 9.59 Å². The van der Waals surface area contributed by atoms with Gasteiger partial charge in [-0.2, -0.15) is 0 Å². The Kier molecular flexibility index (Phi) is 12.4. The first-order valence-electron chi connectivity index (χ1n) is 15.4. The normalized spacial score (nSPS) is 12.2. The van der Waals surface area contributed by atoms with Crippen molar-refractivity contribution >= 4 is 53.1 Å². The maximum Gasteiger partial charge on any atom is 0.310 e. The maximum absolute atomic E-state index is 12.8. The van der Waals surface area contributed by atoms with Gasteiger partial charge in [-0.15, -0.1) is 0 Å². The third kappa shape index (κ3) is 9.04. The van der Waals surface area contributed by atoms with Gasteiger partial charge < -0.3 is 25.0 Å². The Morgan fingerprint density at radius 1 is 0.875 bits per heavy atom. The van der Waals surface area contributed by atoms with Gasteiger partial charge in [0.25, 0.3) is 5.91 Å². The van der Waals surface area contributed by atoms with Crippen molar-refractivity contribution in [1.82, 2.24) is 9.97 Å². The quantitative estimate of drug-likeness (QED) is 0.222. The van der Waals surface area contributed by atoms with Crippen molar-refractivity contribution in [2.45, 2.75) is 20.3 Å². The summed E-state index contributed by atoms with van der Waals surface area (Å²) in [5, 5.41) is 10.2. The number of benzene rings is 4. The van der Waals surface area contributed by atoms with E-state index in [0.29, 0.717) is 61.2 Å². The van der Waals surface area contributed by atoms with Gasteiger partial charge in [0, 0.05) is 43.4 Å². The number of fused-ring (bicyclic) bond motifs is 1. The molecule has 0 atom stereocenters. The summed E-state index contributed by atoms with van der Waals surface area (Å²) in [5.41, 5.74) is 3.01. The van der Waals surface area contributed by atoms with Crippen LogP contribution >= 0.6 is 0 Å². The van der Waals surface area contributed by atoms with Crippen LogP contribution in [0.15, 0.2) is 91.0 Å². The predicted molar refractivity (Wildman–Crippen MR) is 195 cm³/mol. The second kappa shape index (κ2) is 16.9. The molecule has 0 bridgehead atoms. The minimum Gasteiger partial charge on any atom is -0.469 e. The van der Waals surface area contributed by atoms with Crippen molar-refractivity contribution in [2.24, 2.45) is 0 Å². The lowest BCUT2D eigenvalue weighted by atomic mass is 10.1. The summed E-state index contributed by atoms with van der Waals surface area (Å²) in [7, 11) is 3.15. The van der Waals surface area contributed by atoms with Gasteiger partial charge in [0.15, 0.2) is 0 Å². The van der Waals surface area contributed by atoms with Crippen LogP contribution < -0.4 is 26.0 Å². The number of nitrogens with one attached hydrogen (secondary N) is 2. The van der Waals surface area contributed by atoms with Crippen LogP contribution in [0.1, 0.15) is 34.7 Å². The second-order valence-electron chi connectivity index (χ2n) is 11.1. The molecule has 0 unspecified atom stereocenters. The van der Waals surface area contributed by atoms with E-state index in [1.165, 1.54) is 7.11 Å². The van der Waals surface area contributed by atoms with E-state index in [0.717, 1.165) is 32.6 Å². The van der Waals surface area contributed by atoms with Gasteiger partial charge in [-0.25, -0.2) is 9.97 Å². The molecule has 0 spiro atoms. The van der Waals surface area contributed by atoms with Crippen LogP contribution in [0.25, 0.3) is 23.9 Å². The Labute approximate surface area is 282 Å². The highest BCUT2D eigenvalue weighted by molar-refractivity contribution is 6.06. The standard InChI is InChI=1S/C30H31N5O4.C8H8.CH4/c1-31-28-25(19-27(36)38-2)29(35-13-15-39-16-14-35)34-26(33-28)17-20-7-11-24(12-8-20)32-30(37)23-10-9-21-5-3-4-6-22(21)18-23;1-7-5-3-4-6-8(7)2;/h3-12,18H,13-17,19H2,1-2H3,(H,32,37)(H,31,33,34);3-6H,1-2H2;1H4. The molecule has 9 heteroatoms. The maximum atomic E-state index is 12.8. The number of methoxy groups -OCH3 is 1. The molecule has 48 heavy (non-hydrogen) atoms.